The molecule has 0 aromatic heterocycles. The molecule has 156 valence electrons. The summed E-state index contributed by atoms with van der Waals surface area (Å²) in [6.07, 6.45) is 0. The van der Waals surface area contributed by atoms with Crippen molar-refractivity contribution >= 4 is 17.7 Å². The summed E-state index contributed by atoms with van der Waals surface area (Å²) in [5.41, 5.74) is 0.967. The van der Waals surface area contributed by atoms with Gasteiger partial charge in [-0.3, -0.25) is 4.79 Å². The molecule has 0 radical (unpaired) electrons. The van der Waals surface area contributed by atoms with Crippen LogP contribution in [0.2, 0.25) is 0 Å². The van der Waals surface area contributed by atoms with Gasteiger partial charge in [-0.05, 0) is 56.7 Å². The average molecular weight is 418 g/mol. The van der Waals surface area contributed by atoms with E-state index in [2.05, 4.69) is 5.32 Å². The molecule has 0 saturated carbocycles. The summed E-state index contributed by atoms with van der Waals surface area (Å²) in [4.78, 5) is 13.4. The third-order valence-electron chi connectivity index (χ3n) is 4.33. The monoisotopic (exact) mass is 417 g/mol. The van der Waals surface area contributed by atoms with E-state index in [0.29, 0.717) is 43.7 Å². The van der Waals surface area contributed by atoms with Crippen molar-refractivity contribution in [3.63, 3.8) is 0 Å². The maximum atomic E-state index is 12.4. The lowest BCUT2D eigenvalue weighted by atomic mass is 10.1. The highest BCUT2D eigenvalue weighted by Gasteiger charge is 2.15. The Balaban J connectivity index is 1.56. The second-order valence-corrected chi connectivity index (χ2v) is 7.50. The van der Waals surface area contributed by atoms with Crippen LogP contribution in [0.3, 0.4) is 0 Å². The van der Waals surface area contributed by atoms with Gasteiger partial charge in [0.05, 0.1) is 25.0 Å². The van der Waals surface area contributed by atoms with E-state index in [1.54, 1.807) is 0 Å². The number of thioether (sulfide) groups is 1. The number of ether oxygens (including phenoxy) is 4. The number of rotatable bonds is 9. The van der Waals surface area contributed by atoms with E-state index in [-0.39, 0.29) is 11.9 Å². The number of carbonyl (C=O) groups excluding carboxylic acids is 1. The second kappa shape index (κ2) is 10.3. The van der Waals surface area contributed by atoms with Gasteiger partial charge in [-0.1, -0.05) is 6.07 Å². The predicted octanol–water partition coefficient (Wildman–Crippen LogP) is 4.22. The molecule has 0 fully saturated rings. The molecule has 1 aliphatic rings. The van der Waals surface area contributed by atoms with Gasteiger partial charge in [-0.2, -0.15) is 0 Å². The minimum atomic E-state index is -0.141. The summed E-state index contributed by atoms with van der Waals surface area (Å²) in [5, 5.41) is 3.04. The molecule has 1 heterocycles. The maximum Gasteiger partial charge on any atom is 0.230 e. The van der Waals surface area contributed by atoms with Gasteiger partial charge in [0.1, 0.15) is 13.2 Å². The Morgan fingerprint density at radius 3 is 2.52 bits per heavy atom. The predicted molar refractivity (Wildman–Crippen MR) is 113 cm³/mol. The van der Waals surface area contributed by atoms with Gasteiger partial charge >= 0.3 is 0 Å². The lowest BCUT2D eigenvalue weighted by molar-refractivity contribution is -0.119. The molecule has 0 bridgehead atoms. The number of hydrogen-bond donors (Lipinski definition) is 1. The molecule has 0 unspecified atom stereocenters. The number of carbonyl (C=O) groups is 1. The van der Waals surface area contributed by atoms with Gasteiger partial charge in [0.15, 0.2) is 23.0 Å². The van der Waals surface area contributed by atoms with E-state index in [0.717, 1.165) is 22.0 Å². The summed E-state index contributed by atoms with van der Waals surface area (Å²) >= 11 is 1.47. The molecule has 1 N–H and O–H groups in total. The molecular weight excluding hydrogens is 390 g/mol. The molecule has 2 aromatic carbocycles. The molecule has 3 rings (SSSR count). The highest BCUT2D eigenvalue weighted by atomic mass is 32.2. The van der Waals surface area contributed by atoms with Crippen molar-refractivity contribution < 1.29 is 23.7 Å². The largest absolute Gasteiger partial charge is 0.490 e. The summed E-state index contributed by atoms with van der Waals surface area (Å²) in [7, 11) is 0. The van der Waals surface area contributed by atoms with Crippen molar-refractivity contribution in [2.75, 3.05) is 32.2 Å². The fraction of sp³-hybridized carbons (Fsp3) is 0.409. The van der Waals surface area contributed by atoms with Crippen LogP contribution in [0.25, 0.3) is 0 Å². The minimum Gasteiger partial charge on any atom is -0.490 e. The third-order valence-corrected chi connectivity index (χ3v) is 5.32. The van der Waals surface area contributed by atoms with E-state index in [1.807, 2.05) is 57.2 Å². The van der Waals surface area contributed by atoms with Crippen LogP contribution in [0.5, 0.6) is 23.0 Å². The molecule has 0 aliphatic carbocycles. The van der Waals surface area contributed by atoms with Crippen LogP contribution in [0, 0.1) is 0 Å². The zero-order valence-electron chi connectivity index (χ0n) is 17.0. The topological polar surface area (TPSA) is 66.0 Å². The Kier molecular flexibility index (Phi) is 7.52. The molecule has 7 heteroatoms. The first-order valence-electron chi connectivity index (χ1n) is 9.82. The van der Waals surface area contributed by atoms with E-state index in [4.69, 9.17) is 18.9 Å². The average Bonchev–Trinajstić information content (AvgIpc) is 2.73. The smallest absolute Gasteiger partial charge is 0.230 e. The summed E-state index contributed by atoms with van der Waals surface area (Å²) in [5.74, 6) is 3.17. The lowest BCUT2D eigenvalue weighted by Gasteiger charge is -2.19. The van der Waals surface area contributed by atoms with Crippen molar-refractivity contribution in [2.24, 2.45) is 0 Å². The maximum absolute atomic E-state index is 12.4. The van der Waals surface area contributed by atoms with Crippen molar-refractivity contribution in [1.29, 1.82) is 0 Å². The fourth-order valence-corrected chi connectivity index (χ4v) is 3.70. The van der Waals surface area contributed by atoms with Gasteiger partial charge in [0, 0.05) is 4.90 Å². The Morgan fingerprint density at radius 2 is 1.76 bits per heavy atom. The first-order chi connectivity index (χ1) is 14.1. The van der Waals surface area contributed by atoms with Gasteiger partial charge in [-0.25, -0.2) is 0 Å². The number of fused-ring (bicyclic) bond motifs is 1. The third kappa shape index (κ3) is 5.73. The molecule has 1 atom stereocenters. The number of benzene rings is 2. The van der Waals surface area contributed by atoms with Crippen LogP contribution in [-0.4, -0.2) is 38.1 Å². The number of nitrogens with one attached hydrogen (secondary N) is 1. The Bertz CT molecular complexity index is 842. The SMILES string of the molecule is CCOc1ccc([C@@H](C)NC(=O)CSc2ccc3c(c2)OCCO3)cc1OCC. The number of amides is 1. The van der Waals surface area contributed by atoms with E-state index < -0.39 is 0 Å². The summed E-state index contributed by atoms with van der Waals surface area (Å²) in [6.45, 7) is 8.06. The van der Waals surface area contributed by atoms with Crippen LogP contribution in [0.4, 0.5) is 0 Å². The van der Waals surface area contributed by atoms with E-state index in [9.17, 15) is 4.79 Å². The summed E-state index contributed by atoms with van der Waals surface area (Å²) in [6, 6.07) is 11.4. The highest BCUT2D eigenvalue weighted by molar-refractivity contribution is 8.00. The summed E-state index contributed by atoms with van der Waals surface area (Å²) < 4.78 is 22.4. The van der Waals surface area contributed by atoms with Crippen LogP contribution < -0.4 is 24.3 Å². The van der Waals surface area contributed by atoms with Gasteiger partial charge < -0.3 is 24.3 Å². The molecule has 0 saturated heterocycles. The molecule has 0 spiro atoms. The highest BCUT2D eigenvalue weighted by Crippen LogP contribution is 2.34. The zero-order chi connectivity index (χ0) is 20.6. The van der Waals surface area contributed by atoms with Crippen molar-refractivity contribution in [3.8, 4) is 23.0 Å². The quantitative estimate of drug-likeness (QED) is 0.616. The molecular formula is C22H27NO5S. The first kappa shape index (κ1) is 21.2. The van der Waals surface area contributed by atoms with Crippen LogP contribution in [0.15, 0.2) is 41.3 Å². The molecule has 29 heavy (non-hydrogen) atoms. The Hall–Kier alpha value is -2.54. The number of hydrogen-bond acceptors (Lipinski definition) is 6. The van der Waals surface area contributed by atoms with Crippen LogP contribution in [0.1, 0.15) is 32.4 Å². The molecule has 2 aromatic rings. The van der Waals surface area contributed by atoms with Crippen molar-refractivity contribution in [2.45, 2.75) is 31.7 Å². The van der Waals surface area contributed by atoms with Crippen molar-refractivity contribution in [1.82, 2.24) is 5.32 Å². The Morgan fingerprint density at radius 1 is 1.03 bits per heavy atom. The standard InChI is InChI=1S/C22H27NO5S/c1-4-25-18-8-6-16(12-20(18)26-5-2)15(3)23-22(24)14-29-17-7-9-19-21(13-17)28-11-10-27-19/h6-9,12-13,15H,4-5,10-11,14H2,1-3H3,(H,23,24)/t15-/m1/s1. The zero-order valence-corrected chi connectivity index (χ0v) is 17.8. The molecule has 1 amide bonds. The first-order valence-corrected chi connectivity index (χ1v) is 10.8. The van der Waals surface area contributed by atoms with Crippen LogP contribution >= 0.6 is 11.8 Å². The lowest BCUT2D eigenvalue weighted by Crippen LogP contribution is -2.28. The van der Waals surface area contributed by atoms with E-state index >= 15 is 0 Å². The Labute approximate surface area is 175 Å². The second-order valence-electron chi connectivity index (χ2n) is 6.46. The minimum absolute atomic E-state index is 0.0377. The fourth-order valence-electron chi connectivity index (χ4n) is 2.97. The van der Waals surface area contributed by atoms with Crippen molar-refractivity contribution in [3.05, 3.63) is 42.0 Å². The normalized spacial score (nSPS) is 13.5. The van der Waals surface area contributed by atoms with Crippen LogP contribution in [-0.2, 0) is 4.79 Å². The van der Waals surface area contributed by atoms with Gasteiger partial charge in [-0.15, -0.1) is 11.8 Å². The molecule has 1 aliphatic heterocycles. The van der Waals surface area contributed by atoms with Gasteiger partial charge in [0.25, 0.3) is 0 Å². The van der Waals surface area contributed by atoms with E-state index in [1.165, 1.54) is 11.8 Å². The molecule has 6 nitrogen and oxygen atoms in total. The van der Waals surface area contributed by atoms with Gasteiger partial charge in [0.2, 0.25) is 5.91 Å².